The molecule has 1 saturated carbocycles. The third kappa shape index (κ3) is 5.56. The van der Waals surface area contributed by atoms with Crippen molar-refractivity contribution in [3.05, 3.63) is 48.5 Å². The predicted octanol–water partition coefficient (Wildman–Crippen LogP) is 5.57. The van der Waals surface area contributed by atoms with Crippen LogP contribution in [0, 0.1) is 5.92 Å². The molecule has 0 radical (unpaired) electrons. The smallest absolute Gasteiger partial charge is 0.250 e. The van der Waals surface area contributed by atoms with Gasteiger partial charge in [-0.3, -0.25) is 4.90 Å². The molecule has 2 aromatic carbocycles. The monoisotopic (exact) mass is 570 g/mol. The summed E-state index contributed by atoms with van der Waals surface area (Å²) in [7, 11) is -1.90. The topological polar surface area (TPSA) is 74.8 Å². The van der Waals surface area contributed by atoms with Gasteiger partial charge in [0.15, 0.2) is 0 Å². The summed E-state index contributed by atoms with van der Waals surface area (Å²) in [6, 6.07) is 15.9. The first-order chi connectivity index (χ1) is 18.5. The van der Waals surface area contributed by atoms with Gasteiger partial charge in [-0.2, -0.15) is 4.37 Å². The zero-order chi connectivity index (χ0) is 26.1. The fourth-order valence-corrected chi connectivity index (χ4v) is 9.25. The summed E-state index contributed by atoms with van der Waals surface area (Å²) in [4.78, 5) is 5.01. The van der Waals surface area contributed by atoms with E-state index in [1.54, 1.807) is 24.7 Å². The van der Waals surface area contributed by atoms with Gasteiger partial charge in [-0.25, -0.2) is 13.1 Å². The zero-order valence-corrected chi connectivity index (χ0v) is 24.1. The third-order valence-corrected chi connectivity index (χ3v) is 11.9. The van der Waals surface area contributed by atoms with E-state index in [4.69, 9.17) is 9.11 Å². The molecule has 1 saturated heterocycles. The van der Waals surface area contributed by atoms with Crippen LogP contribution in [0.5, 0.6) is 5.75 Å². The summed E-state index contributed by atoms with van der Waals surface area (Å²) in [6.07, 6.45) is 5.18. The van der Waals surface area contributed by atoms with Crippen molar-refractivity contribution < 1.29 is 13.2 Å². The minimum Gasteiger partial charge on any atom is -0.497 e. The molecular formula is C28H34N4O3S3. The Balaban J connectivity index is 0.956. The molecule has 10 heteroatoms. The standard InChI is InChI=1S/C28H34N4O3S3/c1-35-23-10-11-25-21(18-23)19-27(36-25)38(33,34)30-22-8-6-20(7-9-22)12-13-31-14-16-32(17-15-31)28-24-4-2-3-5-26(24)37-29-28/h2-5,10-11,18-20,22,30H,6-9,12-17H2,1H3. The molecule has 0 amide bonds. The molecule has 4 aromatic rings. The molecule has 0 atom stereocenters. The number of hydrogen-bond donors (Lipinski definition) is 1. The predicted molar refractivity (Wildman–Crippen MR) is 157 cm³/mol. The molecule has 7 nitrogen and oxygen atoms in total. The fourth-order valence-electron chi connectivity index (χ4n) is 5.75. The molecule has 0 bridgehead atoms. The summed E-state index contributed by atoms with van der Waals surface area (Å²) < 4.78 is 41.7. The first kappa shape index (κ1) is 26.0. The van der Waals surface area contributed by atoms with Crippen LogP contribution in [0.25, 0.3) is 20.2 Å². The third-order valence-electron chi connectivity index (χ3n) is 8.02. The van der Waals surface area contributed by atoms with Crippen LogP contribution >= 0.6 is 22.9 Å². The average molecular weight is 571 g/mol. The highest BCUT2D eigenvalue weighted by Crippen LogP contribution is 2.34. The van der Waals surface area contributed by atoms with Gasteiger partial charge in [0.1, 0.15) is 15.8 Å². The number of ether oxygens (including phenoxy) is 1. The Morgan fingerprint density at radius 1 is 1.00 bits per heavy atom. The van der Waals surface area contributed by atoms with Crippen LogP contribution in [0.2, 0.25) is 0 Å². The average Bonchev–Trinajstić information content (AvgIpc) is 3.57. The van der Waals surface area contributed by atoms with E-state index in [0.29, 0.717) is 10.1 Å². The van der Waals surface area contributed by atoms with Gasteiger partial charge in [-0.05, 0) is 97.9 Å². The lowest BCUT2D eigenvalue weighted by atomic mass is 9.84. The second-order valence-electron chi connectivity index (χ2n) is 10.4. The number of nitrogens with one attached hydrogen (secondary N) is 1. The minimum absolute atomic E-state index is 0.0208. The first-order valence-corrected chi connectivity index (χ1v) is 16.5. The second-order valence-corrected chi connectivity index (χ2v) is 14.3. The van der Waals surface area contributed by atoms with E-state index in [1.807, 2.05) is 18.2 Å². The lowest BCUT2D eigenvalue weighted by Crippen LogP contribution is -2.47. The summed E-state index contributed by atoms with van der Waals surface area (Å²) >= 11 is 2.91. The van der Waals surface area contributed by atoms with Crippen molar-refractivity contribution in [1.82, 2.24) is 14.0 Å². The number of benzene rings is 2. The normalized spacial score (nSPS) is 21.3. The molecule has 2 aliphatic rings. The fraction of sp³-hybridized carbons (Fsp3) is 0.464. The lowest BCUT2D eigenvalue weighted by Gasteiger charge is -2.36. The van der Waals surface area contributed by atoms with Gasteiger partial charge in [-0.15, -0.1) is 11.3 Å². The Morgan fingerprint density at radius 2 is 1.79 bits per heavy atom. The molecule has 0 unspecified atom stereocenters. The van der Waals surface area contributed by atoms with E-state index in [2.05, 4.69) is 38.8 Å². The van der Waals surface area contributed by atoms with Gasteiger partial charge in [0.05, 0.1) is 11.8 Å². The van der Waals surface area contributed by atoms with Gasteiger partial charge in [0.25, 0.3) is 0 Å². The van der Waals surface area contributed by atoms with Crippen LogP contribution in [-0.2, 0) is 10.0 Å². The van der Waals surface area contributed by atoms with Gasteiger partial charge >= 0.3 is 0 Å². The lowest BCUT2D eigenvalue weighted by molar-refractivity contribution is 0.214. The maximum atomic E-state index is 13.1. The molecule has 6 rings (SSSR count). The number of thiophene rings is 1. The first-order valence-electron chi connectivity index (χ1n) is 13.4. The molecule has 2 fully saturated rings. The van der Waals surface area contributed by atoms with Crippen LogP contribution in [0.4, 0.5) is 5.82 Å². The highest BCUT2D eigenvalue weighted by atomic mass is 32.2. The van der Waals surface area contributed by atoms with E-state index >= 15 is 0 Å². The summed E-state index contributed by atoms with van der Waals surface area (Å²) in [5.74, 6) is 2.55. The highest BCUT2D eigenvalue weighted by molar-refractivity contribution is 7.91. The Hall–Kier alpha value is -2.24. The maximum absolute atomic E-state index is 13.1. The Labute approximate surface area is 232 Å². The van der Waals surface area contributed by atoms with Gasteiger partial charge < -0.3 is 9.64 Å². The van der Waals surface area contributed by atoms with Crippen molar-refractivity contribution in [3.8, 4) is 5.75 Å². The van der Waals surface area contributed by atoms with E-state index < -0.39 is 10.0 Å². The molecule has 1 N–H and O–H groups in total. The molecule has 2 aromatic heterocycles. The van der Waals surface area contributed by atoms with Crippen molar-refractivity contribution in [3.63, 3.8) is 0 Å². The van der Waals surface area contributed by atoms with Gasteiger partial charge in [0, 0.05) is 42.3 Å². The van der Waals surface area contributed by atoms with Crippen molar-refractivity contribution in [2.24, 2.45) is 5.92 Å². The number of aromatic nitrogens is 1. The van der Waals surface area contributed by atoms with E-state index in [0.717, 1.165) is 80.1 Å². The second kappa shape index (κ2) is 11.1. The number of anilines is 1. The summed E-state index contributed by atoms with van der Waals surface area (Å²) in [6.45, 7) is 5.31. The molecule has 38 heavy (non-hydrogen) atoms. The Kier molecular flexibility index (Phi) is 7.59. The number of piperazine rings is 1. The number of fused-ring (bicyclic) bond motifs is 2. The minimum atomic E-state index is -3.52. The van der Waals surface area contributed by atoms with Crippen molar-refractivity contribution in [1.29, 1.82) is 0 Å². The largest absolute Gasteiger partial charge is 0.497 e. The van der Waals surface area contributed by atoms with Crippen molar-refractivity contribution in [2.75, 3.05) is 44.7 Å². The molecule has 3 heterocycles. The quantitative estimate of drug-likeness (QED) is 0.299. The van der Waals surface area contributed by atoms with E-state index in [9.17, 15) is 8.42 Å². The number of sulfonamides is 1. The Bertz CT molecular complexity index is 1500. The number of rotatable bonds is 8. The van der Waals surface area contributed by atoms with E-state index in [1.165, 1.54) is 27.8 Å². The van der Waals surface area contributed by atoms with Gasteiger partial charge in [0.2, 0.25) is 10.0 Å². The van der Waals surface area contributed by atoms with Crippen LogP contribution in [0.15, 0.2) is 52.7 Å². The molecule has 1 aliphatic carbocycles. The van der Waals surface area contributed by atoms with Crippen molar-refractivity contribution in [2.45, 2.75) is 42.4 Å². The van der Waals surface area contributed by atoms with Crippen LogP contribution in [0.3, 0.4) is 0 Å². The number of hydrogen-bond acceptors (Lipinski definition) is 8. The van der Waals surface area contributed by atoms with Crippen LogP contribution in [0.1, 0.15) is 32.1 Å². The molecular weight excluding hydrogens is 537 g/mol. The maximum Gasteiger partial charge on any atom is 0.250 e. The molecule has 0 spiro atoms. The van der Waals surface area contributed by atoms with Crippen LogP contribution in [-0.4, -0.2) is 63.6 Å². The SMILES string of the molecule is COc1ccc2sc(S(=O)(=O)NC3CCC(CCN4CCN(c5nsc6ccccc56)CC4)CC3)cc2c1. The molecule has 1 aliphatic heterocycles. The number of methoxy groups -OCH3 is 1. The van der Waals surface area contributed by atoms with Crippen LogP contribution < -0.4 is 14.4 Å². The molecule has 202 valence electrons. The van der Waals surface area contributed by atoms with E-state index in [-0.39, 0.29) is 6.04 Å². The Morgan fingerprint density at radius 3 is 2.58 bits per heavy atom. The highest BCUT2D eigenvalue weighted by Gasteiger charge is 2.28. The number of nitrogens with zero attached hydrogens (tertiary/aromatic N) is 3. The van der Waals surface area contributed by atoms with Crippen molar-refractivity contribution >= 4 is 58.9 Å². The summed E-state index contributed by atoms with van der Waals surface area (Å²) in [5.41, 5.74) is 0. The van der Waals surface area contributed by atoms with Gasteiger partial charge in [-0.1, -0.05) is 12.1 Å². The summed E-state index contributed by atoms with van der Waals surface area (Å²) in [5, 5.41) is 2.17. The zero-order valence-electron chi connectivity index (χ0n) is 21.6.